The molecule has 3 N–H and O–H groups in total. The van der Waals surface area contributed by atoms with Crippen LogP contribution in [0.5, 0.6) is 0 Å². The summed E-state index contributed by atoms with van der Waals surface area (Å²) in [7, 11) is 0. The second-order valence-electron chi connectivity index (χ2n) is 8.19. The quantitative estimate of drug-likeness (QED) is 0.215. The number of carboxylic acid groups (broad SMARTS) is 1. The number of amides is 1. The number of ketones is 1. The topological polar surface area (TPSA) is 124 Å². The summed E-state index contributed by atoms with van der Waals surface area (Å²) in [5.41, 5.74) is 2.61. The molecule has 1 atom stereocenters. The van der Waals surface area contributed by atoms with Crippen LogP contribution in [0.1, 0.15) is 33.1 Å². The normalized spacial score (nSPS) is 17.3. The van der Waals surface area contributed by atoms with Gasteiger partial charge in [-0.15, -0.1) is 0 Å². The van der Waals surface area contributed by atoms with Crippen molar-refractivity contribution < 1.29 is 24.6 Å². The first-order valence-corrected chi connectivity index (χ1v) is 11.0. The van der Waals surface area contributed by atoms with E-state index in [4.69, 9.17) is 11.6 Å². The maximum absolute atomic E-state index is 13.3. The molecule has 1 unspecified atom stereocenters. The van der Waals surface area contributed by atoms with Crippen LogP contribution < -0.4 is 4.90 Å². The van der Waals surface area contributed by atoms with Crippen molar-refractivity contribution >= 4 is 52.0 Å². The van der Waals surface area contributed by atoms with Gasteiger partial charge in [-0.2, -0.15) is 0 Å². The fraction of sp³-hybridized carbons (Fsp3) is 0.0769. The summed E-state index contributed by atoms with van der Waals surface area (Å²) in [6, 6.07) is 16.9. The number of aromatic amines is 1. The number of nitrogens with zero attached hydrogens (tertiary/aromatic N) is 2. The lowest BCUT2D eigenvalue weighted by Crippen LogP contribution is -2.30. The zero-order valence-electron chi connectivity index (χ0n) is 18.3. The highest BCUT2D eigenvalue weighted by Crippen LogP contribution is 2.42. The number of hydrogen-bond donors (Lipinski definition) is 3. The summed E-state index contributed by atoms with van der Waals surface area (Å²) in [5, 5.41) is 20.9. The number of aliphatic hydroxyl groups is 1. The van der Waals surface area contributed by atoms with E-state index in [1.807, 2.05) is 19.1 Å². The molecule has 0 aliphatic carbocycles. The van der Waals surface area contributed by atoms with E-state index in [9.17, 15) is 24.6 Å². The number of imidazole rings is 1. The zero-order chi connectivity index (χ0) is 24.9. The fourth-order valence-electron chi connectivity index (χ4n) is 4.21. The molecule has 5 rings (SSSR count). The Balaban J connectivity index is 1.72. The summed E-state index contributed by atoms with van der Waals surface area (Å²) in [6.07, 6.45) is 0. The van der Waals surface area contributed by atoms with Gasteiger partial charge in [-0.3, -0.25) is 14.5 Å². The lowest BCUT2D eigenvalue weighted by Gasteiger charge is -2.23. The van der Waals surface area contributed by atoms with Crippen molar-refractivity contribution in [3.63, 3.8) is 0 Å². The fourth-order valence-corrected chi connectivity index (χ4v) is 4.34. The second-order valence-corrected chi connectivity index (χ2v) is 8.62. The molecule has 4 aromatic rings. The number of aromatic carboxylic acids is 1. The third kappa shape index (κ3) is 3.83. The number of aryl methyl sites for hydroxylation is 1. The molecule has 174 valence electrons. The Labute approximate surface area is 204 Å². The summed E-state index contributed by atoms with van der Waals surface area (Å²) >= 11 is 5.97. The number of carboxylic acids is 1. The molecule has 1 fully saturated rings. The average Bonchev–Trinajstić information content (AvgIpc) is 3.37. The second kappa shape index (κ2) is 8.41. The number of carbonyl (C=O) groups is 3. The van der Waals surface area contributed by atoms with Crippen LogP contribution in [0.25, 0.3) is 16.8 Å². The van der Waals surface area contributed by atoms with Crippen molar-refractivity contribution in [3.05, 3.63) is 99.6 Å². The van der Waals surface area contributed by atoms with Gasteiger partial charge in [0.25, 0.3) is 5.78 Å². The summed E-state index contributed by atoms with van der Waals surface area (Å²) in [4.78, 5) is 46.5. The SMILES string of the molecule is Cc1cccc(C2/C(=C(\O)c3ccc(Cl)cc3)C(=O)C(=O)N2c2nc3ccc(C(=O)O)cc3[nH]2)c1. The molecule has 1 aliphatic rings. The third-order valence-corrected chi connectivity index (χ3v) is 6.12. The van der Waals surface area contributed by atoms with Crippen LogP contribution >= 0.6 is 11.6 Å². The van der Waals surface area contributed by atoms with E-state index in [0.29, 0.717) is 27.2 Å². The predicted molar refractivity (Wildman–Crippen MR) is 130 cm³/mol. The first-order chi connectivity index (χ1) is 16.7. The average molecular weight is 488 g/mol. The summed E-state index contributed by atoms with van der Waals surface area (Å²) in [5.74, 6) is -3.11. The number of hydrogen-bond acceptors (Lipinski definition) is 5. The summed E-state index contributed by atoms with van der Waals surface area (Å²) in [6.45, 7) is 1.88. The molecule has 9 heteroatoms. The van der Waals surface area contributed by atoms with Gasteiger partial charge in [0.1, 0.15) is 5.76 Å². The molecule has 8 nitrogen and oxygen atoms in total. The lowest BCUT2D eigenvalue weighted by atomic mass is 9.94. The van der Waals surface area contributed by atoms with E-state index in [-0.39, 0.29) is 22.8 Å². The van der Waals surface area contributed by atoms with E-state index in [2.05, 4.69) is 9.97 Å². The molecule has 0 radical (unpaired) electrons. The van der Waals surface area contributed by atoms with Gasteiger partial charge in [0.05, 0.1) is 28.2 Å². The molecule has 0 saturated carbocycles. The van der Waals surface area contributed by atoms with Gasteiger partial charge in [-0.05, 0) is 55.0 Å². The smallest absolute Gasteiger partial charge is 0.335 e. The molecule has 1 saturated heterocycles. The van der Waals surface area contributed by atoms with Gasteiger partial charge in [0.2, 0.25) is 5.95 Å². The van der Waals surface area contributed by atoms with Crippen LogP contribution in [-0.2, 0) is 9.59 Å². The van der Waals surface area contributed by atoms with Crippen LogP contribution in [0.2, 0.25) is 5.02 Å². The minimum Gasteiger partial charge on any atom is -0.507 e. The Hall–Kier alpha value is -4.43. The molecular formula is C26H18ClN3O5. The highest BCUT2D eigenvalue weighted by Gasteiger charge is 2.48. The van der Waals surface area contributed by atoms with Gasteiger partial charge in [-0.1, -0.05) is 41.4 Å². The van der Waals surface area contributed by atoms with Crippen molar-refractivity contribution in [1.82, 2.24) is 9.97 Å². The van der Waals surface area contributed by atoms with Crippen LogP contribution in [0.4, 0.5) is 5.95 Å². The van der Waals surface area contributed by atoms with E-state index in [0.717, 1.165) is 5.56 Å². The highest BCUT2D eigenvalue weighted by molar-refractivity contribution is 6.51. The molecule has 35 heavy (non-hydrogen) atoms. The third-order valence-electron chi connectivity index (χ3n) is 5.86. The molecule has 0 bridgehead atoms. The number of halogens is 1. The number of rotatable bonds is 4. The van der Waals surface area contributed by atoms with Crippen LogP contribution in [0.15, 0.2) is 72.3 Å². The van der Waals surface area contributed by atoms with Gasteiger partial charge >= 0.3 is 11.9 Å². The molecule has 1 aromatic heterocycles. The van der Waals surface area contributed by atoms with Gasteiger partial charge in [0, 0.05) is 10.6 Å². The first-order valence-electron chi connectivity index (χ1n) is 10.6. The standard InChI is InChI=1S/C26H18ClN3O5/c1-13-3-2-4-15(11-13)21-20(22(31)14-5-8-17(27)9-6-14)23(32)24(33)30(21)26-28-18-10-7-16(25(34)35)12-19(18)29-26/h2-12,21,31H,1H3,(H,28,29)(H,34,35)/b22-20+. The number of aliphatic hydroxyl groups excluding tert-OH is 1. The Bertz CT molecular complexity index is 1560. The first kappa shape index (κ1) is 22.4. The van der Waals surface area contributed by atoms with E-state index >= 15 is 0 Å². The van der Waals surface area contributed by atoms with Crippen molar-refractivity contribution in [3.8, 4) is 0 Å². The number of Topliss-reactive ketones (excluding diaryl/α,β-unsaturated/α-hetero) is 1. The molecule has 3 aromatic carbocycles. The number of aromatic nitrogens is 2. The van der Waals surface area contributed by atoms with E-state index in [1.54, 1.807) is 36.4 Å². The highest BCUT2D eigenvalue weighted by atomic mass is 35.5. The Morgan fingerprint density at radius 1 is 1.00 bits per heavy atom. The number of anilines is 1. The Morgan fingerprint density at radius 2 is 1.71 bits per heavy atom. The molecule has 1 amide bonds. The largest absolute Gasteiger partial charge is 0.507 e. The van der Waals surface area contributed by atoms with E-state index < -0.39 is 23.7 Å². The van der Waals surface area contributed by atoms with Crippen LogP contribution in [0, 0.1) is 6.92 Å². The lowest BCUT2D eigenvalue weighted by molar-refractivity contribution is -0.132. The molecule has 2 heterocycles. The Morgan fingerprint density at radius 3 is 2.40 bits per heavy atom. The van der Waals surface area contributed by atoms with Gasteiger partial charge in [-0.25, -0.2) is 9.78 Å². The zero-order valence-corrected chi connectivity index (χ0v) is 19.1. The van der Waals surface area contributed by atoms with Crippen LogP contribution in [-0.4, -0.2) is 37.8 Å². The molecule has 1 aliphatic heterocycles. The maximum atomic E-state index is 13.3. The van der Waals surface area contributed by atoms with Gasteiger partial charge < -0.3 is 15.2 Å². The predicted octanol–water partition coefficient (Wildman–Crippen LogP) is 4.85. The van der Waals surface area contributed by atoms with Gasteiger partial charge in [0.15, 0.2) is 0 Å². The minimum atomic E-state index is -1.11. The number of benzene rings is 3. The maximum Gasteiger partial charge on any atom is 0.335 e. The molecule has 0 spiro atoms. The summed E-state index contributed by atoms with van der Waals surface area (Å²) < 4.78 is 0. The van der Waals surface area contributed by atoms with Crippen molar-refractivity contribution in [2.75, 3.05) is 4.90 Å². The Kier molecular flexibility index (Phi) is 5.37. The molecular weight excluding hydrogens is 470 g/mol. The minimum absolute atomic E-state index is 0.0488. The van der Waals surface area contributed by atoms with Crippen LogP contribution in [0.3, 0.4) is 0 Å². The number of H-pyrrole nitrogens is 1. The number of carbonyl (C=O) groups excluding carboxylic acids is 2. The number of nitrogens with one attached hydrogen (secondary N) is 1. The van der Waals surface area contributed by atoms with Crippen molar-refractivity contribution in [2.45, 2.75) is 13.0 Å². The number of fused-ring (bicyclic) bond motifs is 1. The van der Waals surface area contributed by atoms with E-state index in [1.165, 1.54) is 23.1 Å². The van der Waals surface area contributed by atoms with Crippen molar-refractivity contribution in [1.29, 1.82) is 0 Å². The van der Waals surface area contributed by atoms with Crippen molar-refractivity contribution in [2.24, 2.45) is 0 Å². The monoisotopic (exact) mass is 487 g/mol.